The molecule has 110 valence electrons. The minimum absolute atomic E-state index is 0.0250. The molecule has 0 aliphatic carbocycles. The summed E-state index contributed by atoms with van der Waals surface area (Å²) in [5.41, 5.74) is 2.17. The highest BCUT2D eigenvalue weighted by Gasteiger charge is 2.11. The van der Waals surface area contributed by atoms with Crippen molar-refractivity contribution in [1.82, 2.24) is 0 Å². The Morgan fingerprint density at radius 1 is 1.05 bits per heavy atom. The molecule has 0 heterocycles. The number of hydrogen-bond donors (Lipinski definition) is 1. The van der Waals surface area contributed by atoms with Gasteiger partial charge in [-0.3, -0.25) is 9.59 Å². The molecule has 0 spiro atoms. The largest absolute Gasteiger partial charge is 0.481 e. The van der Waals surface area contributed by atoms with E-state index in [1.807, 2.05) is 38.1 Å². The number of benzene rings is 2. The highest BCUT2D eigenvalue weighted by Crippen LogP contribution is 2.31. The summed E-state index contributed by atoms with van der Waals surface area (Å²) < 4.78 is 5.41. The second kappa shape index (κ2) is 6.39. The molecule has 0 amide bonds. The number of aliphatic carboxylic acids is 1. The lowest BCUT2D eigenvalue weighted by atomic mass is 10.0. The molecule has 21 heavy (non-hydrogen) atoms. The minimum Gasteiger partial charge on any atom is -0.481 e. The molecule has 0 bridgehead atoms. The van der Waals surface area contributed by atoms with E-state index < -0.39 is 11.9 Å². The van der Waals surface area contributed by atoms with Gasteiger partial charge in [-0.25, -0.2) is 0 Å². The van der Waals surface area contributed by atoms with Crippen LogP contribution in [-0.2, 0) is 9.59 Å². The van der Waals surface area contributed by atoms with Crippen molar-refractivity contribution in [3.8, 4) is 5.75 Å². The van der Waals surface area contributed by atoms with Crippen LogP contribution in [0, 0.1) is 13.8 Å². The maximum atomic E-state index is 11.8. The van der Waals surface area contributed by atoms with E-state index in [1.54, 1.807) is 6.07 Å². The zero-order valence-electron chi connectivity index (χ0n) is 12.2. The molecule has 0 saturated heterocycles. The molecule has 0 unspecified atom stereocenters. The zero-order chi connectivity index (χ0) is 15.4. The first-order chi connectivity index (χ1) is 9.99. The smallest absolute Gasteiger partial charge is 0.311 e. The number of aryl methyl sites for hydroxylation is 2. The fourth-order valence-electron chi connectivity index (χ4n) is 2.34. The van der Waals surface area contributed by atoms with Crippen LogP contribution in [0.1, 0.15) is 30.4 Å². The molecule has 2 aromatic carbocycles. The van der Waals surface area contributed by atoms with Crippen molar-refractivity contribution in [1.29, 1.82) is 0 Å². The number of carboxylic acids is 1. The maximum absolute atomic E-state index is 11.8. The zero-order valence-corrected chi connectivity index (χ0v) is 12.2. The van der Waals surface area contributed by atoms with E-state index in [9.17, 15) is 9.59 Å². The molecule has 0 fully saturated rings. The van der Waals surface area contributed by atoms with Crippen LogP contribution < -0.4 is 4.74 Å². The number of ether oxygens (including phenoxy) is 1. The summed E-state index contributed by atoms with van der Waals surface area (Å²) in [6.07, 6.45) is 0.368. The van der Waals surface area contributed by atoms with E-state index in [0.717, 1.165) is 21.9 Å². The lowest BCUT2D eigenvalue weighted by Crippen LogP contribution is -2.09. The number of fused-ring (bicyclic) bond motifs is 1. The summed E-state index contributed by atoms with van der Waals surface area (Å²) in [7, 11) is 0. The number of rotatable bonds is 5. The minimum atomic E-state index is -0.903. The molecular weight excluding hydrogens is 268 g/mol. The first kappa shape index (κ1) is 15.0. The molecule has 0 radical (unpaired) electrons. The van der Waals surface area contributed by atoms with Gasteiger partial charge in [0.1, 0.15) is 5.75 Å². The predicted octanol–water partition coefficient (Wildman–Crippen LogP) is 3.62. The molecule has 0 aliphatic heterocycles. The summed E-state index contributed by atoms with van der Waals surface area (Å²) in [5.74, 6) is -0.766. The first-order valence-corrected chi connectivity index (χ1v) is 6.90. The van der Waals surface area contributed by atoms with Crippen LogP contribution in [0.4, 0.5) is 0 Å². The summed E-state index contributed by atoms with van der Waals surface area (Å²) in [6.45, 7) is 3.99. The normalized spacial score (nSPS) is 10.6. The molecular formula is C17H18O4. The molecule has 1 N–H and O–H groups in total. The standard InChI is InChI=1S/C17H18O4/c1-11-9-10-14(17-12(2)5-3-6-13(11)17)21-16(20)8-4-7-15(18)19/h3,5-6,9-10H,4,7-8H2,1-2H3,(H,18,19). The Balaban J connectivity index is 2.21. The Kier molecular flexibility index (Phi) is 4.58. The third-order valence-corrected chi connectivity index (χ3v) is 3.42. The molecule has 2 rings (SSSR count). The van der Waals surface area contributed by atoms with Crippen molar-refractivity contribution >= 4 is 22.7 Å². The summed E-state index contributed by atoms with van der Waals surface area (Å²) in [4.78, 5) is 22.3. The topological polar surface area (TPSA) is 63.6 Å². The van der Waals surface area contributed by atoms with E-state index in [-0.39, 0.29) is 19.3 Å². The highest BCUT2D eigenvalue weighted by molar-refractivity contribution is 5.95. The summed E-state index contributed by atoms with van der Waals surface area (Å²) in [6, 6.07) is 9.66. The molecule has 0 aliphatic rings. The van der Waals surface area contributed by atoms with E-state index in [0.29, 0.717) is 5.75 Å². The van der Waals surface area contributed by atoms with Gasteiger partial charge >= 0.3 is 11.9 Å². The molecule has 2 aromatic rings. The van der Waals surface area contributed by atoms with Gasteiger partial charge in [0.15, 0.2) is 0 Å². The Morgan fingerprint density at radius 2 is 1.81 bits per heavy atom. The van der Waals surface area contributed by atoms with Gasteiger partial charge in [0.05, 0.1) is 0 Å². The van der Waals surface area contributed by atoms with Crippen LogP contribution in [0.3, 0.4) is 0 Å². The Bertz CT molecular complexity index is 688. The van der Waals surface area contributed by atoms with Crippen LogP contribution in [0.5, 0.6) is 5.75 Å². The summed E-state index contributed by atoms with van der Waals surface area (Å²) >= 11 is 0. The van der Waals surface area contributed by atoms with Gasteiger partial charge in [0.2, 0.25) is 0 Å². The molecule has 4 nitrogen and oxygen atoms in total. The van der Waals surface area contributed by atoms with Gasteiger partial charge in [-0.2, -0.15) is 0 Å². The average Bonchev–Trinajstić information content (AvgIpc) is 2.42. The molecule has 4 heteroatoms. The molecule has 0 atom stereocenters. The van der Waals surface area contributed by atoms with Crippen molar-refractivity contribution in [3.63, 3.8) is 0 Å². The number of hydrogen-bond acceptors (Lipinski definition) is 3. The Hall–Kier alpha value is -2.36. The third kappa shape index (κ3) is 3.60. The summed E-state index contributed by atoms with van der Waals surface area (Å²) in [5, 5.41) is 10.6. The van der Waals surface area contributed by atoms with Crippen LogP contribution in [0.15, 0.2) is 30.3 Å². The van der Waals surface area contributed by atoms with Gasteiger partial charge < -0.3 is 9.84 Å². The van der Waals surface area contributed by atoms with E-state index in [1.165, 1.54) is 0 Å². The SMILES string of the molecule is Cc1ccc(OC(=O)CCCC(=O)O)c2c(C)cccc12. The number of carbonyl (C=O) groups is 2. The number of carbonyl (C=O) groups excluding carboxylic acids is 1. The Labute approximate surface area is 123 Å². The van der Waals surface area contributed by atoms with Crippen LogP contribution in [-0.4, -0.2) is 17.0 Å². The first-order valence-electron chi connectivity index (χ1n) is 6.90. The van der Waals surface area contributed by atoms with Crippen molar-refractivity contribution in [2.24, 2.45) is 0 Å². The van der Waals surface area contributed by atoms with Crippen molar-refractivity contribution < 1.29 is 19.4 Å². The van der Waals surface area contributed by atoms with Gasteiger partial charge in [-0.1, -0.05) is 24.3 Å². The van der Waals surface area contributed by atoms with Gasteiger partial charge in [0.25, 0.3) is 0 Å². The lowest BCUT2D eigenvalue weighted by Gasteiger charge is -2.11. The van der Waals surface area contributed by atoms with Crippen molar-refractivity contribution in [3.05, 3.63) is 41.5 Å². The van der Waals surface area contributed by atoms with Crippen LogP contribution in [0.25, 0.3) is 10.8 Å². The van der Waals surface area contributed by atoms with Crippen molar-refractivity contribution in [2.75, 3.05) is 0 Å². The van der Waals surface area contributed by atoms with E-state index in [4.69, 9.17) is 9.84 Å². The van der Waals surface area contributed by atoms with Gasteiger partial charge in [0, 0.05) is 18.2 Å². The second-order valence-corrected chi connectivity index (χ2v) is 5.10. The monoisotopic (exact) mass is 286 g/mol. The fraction of sp³-hybridized carbons (Fsp3) is 0.294. The molecule has 0 aromatic heterocycles. The van der Waals surface area contributed by atoms with Crippen LogP contribution >= 0.6 is 0 Å². The van der Waals surface area contributed by atoms with E-state index in [2.05, 4.69) is 0 Å². The number of esters is 1. The van der Waals surface area contributed by atoms with E-state index >= 15 is 0 Å². The maximum Gasteiger partial charge on any atom is 0.311 e. The number of carboxylic acid groups (broad SMARTS) is 1. The second-order valence-electron chi connectivity index (χ2n) is 5.10. The fourth-order valence-corrected chi connectivity index (χ4v) is 2.34. The van der Waals surface area contributed by atoms with Crippen LogP contribution in [0.2, 0.25) is 0 Å². The highest BCUT2D eigenvalue weighted by atomic mass is 16.5. The third-order valence-electron chi connectivity index (χ3n) is 3.42. The van der Waals surface area contributed by atoms with Gasteiger partial charge in [-0.05, 0) is 42.8 Å². The van der Waals surface area contributed by atoms with Crippen molar-refractivity contribution in [2.45, 2.75) is 33.1 Å². The Morgan fingerprint density at radius 3 is 2.52 bits per heavy atom. The predicted molar refractivity (Wildman–Crippen MR) is 80.5 cm³/mol. The lowest BCUT2D eigenvalue weighted by molar-refractivity contribution is -0.137. The quantitative estimate of drug-likeness (QED) is 0.673. The van der Waals surface area contributed by atoms with Gasteiger partial charge in [-0.15, -0.1) is 0 Å². The average molecular weight is 286 g/mol. The molecule has 0 saturated carbocycles.